The van der Waals surface area contributed by atoms with Crippen molar-refractivity contribution in [1.82, 2.24) is 0 Å². The van der Waals surface area contributed by atoms with Gasteiger partial charge in [0.1, 0.15) is 13.2 Å². The van der Waals surface area contributed by atoms with Gasteiger partial charge in [-0.05, 0) is 24.6 Å². The van der Waals surface area contributed by atoms with Crippen LogP contribution in [0.3, 0.4) is 0 Å². The van der Waals surface area contributed by atoms with Crippen molar-refractivity contribution >= 4 is 34.9 Å². The SMILES string of the molecule is [2H]C([2H])(OC(=O)CCCC(=O)OCc1cc(OC)c(OC)cc1[N+](=O)[O-])c1ccc(Cl)cc1[N+](=O)[O-]. The molecule has 0 N–H and O–H groups in total. The molecular weight excluding hydrogens is 476 g/mol. The number of methoxy groups -OCH3 is 2. The predicted molar refractivity (Wildman–Crippen MR) is 118 cm³/mol. The van der Waals surface area contributed by atoms with Crippen LogP contribution in [0.2, 0.25) is 5.02 Å². The number of carbonyl (C=O) groups is 2. The van der Waals surface area contributed by atoms with Crippen molar-refractivity contribution in [3.63, 3.8) is 0 Å². The Morgan fingerprint density at radius 1 is 0.912 bits per heavy atom. The van der Waals surface area contributed by atoms with Gasteiger partial charge < -0.3 is 18.9 Å². The van der Waals surface area contributed by atoms with Gasteiger partial charge in [0.25, 0.3) is 11.4 Å². The lowest BCUT2D eigenvalue weighted by molar-refractivity contribution is -0.386. The van der Waals surface area contributed by atoms with Gasteiger partial charge in [0.05, 0.1) is 44.0 Å². The lowest BCUT2D eigenvalue weighted by atomic mass is 10.1. The highest BCUT2D eigenvalue weighted by Gasteiger charge is 2.21. The highest BCUT2D eigenvalue weighted by molar-refractivity contribution is 6.30. The van der Waals surface area contributed by atoms with E-state index in [9.17, 15) is 29.8 Å². The van der Waals surface area contributed by atoms with E-state index >= 15 is 0 Å². The van der Waals surface area contributed by atoms with Crippen molar-refractivity contribution in [3.8, 4) is 11.5 Å². The Bertz CT molecular complexity index is 1180. The Kier molecular flexibility index (Phi) is 8.44. The summed E-state index contributed by atoms with van der Waals surface area (Å²) in [5.74, 6) is -1.50. The molecule has 2 aromatic carbocycles. The van der Waals surface area contributed by atoms with E-state index in [-0.39, 0.29) is 40.6 Å². The molecule has 182 valence electrons. The molecule has 0 radical (unpaired) electrons. The first-order chi connectivity index (χ1) is 16.9. The van der Waals surface area contributed by atoms with Gasteiger partial charge in [-0.15, -0.1) is 0 Å². The molecule has 0 aromatic heterocycles. The zero-order chi connectivity index (χ0) is 27.0. The van der Waals surface area contributed by atoms with Gasteiger partial charge >= 0.3 is 11.9 Å². The van der Waals surface area contributed by atoms with Gasteiger partial charge in [-0.1, -0.05) is 11.6 Å². The molecule has 12 nitrogen and oxygen atoms in total. The minimum Gasteiger partial charge on any atom is -0.493 e. The summed E-state index contributed by atoms with van der Waals surface area (Å²) in [6, 6.07) is 5.63. The third-order valence-corrected chi connectivity index (χ3v) is 4.60. The predicted octanol–water partition coefficient (Wildman–Crippen LogP) is 4.13. The summed E-state index contributed by atoms with van der Waals surface area (Å²) in [5, 5.41) is 22.5. The standard InChI is InChI=1S/C21H21ClN2O10/c1-31-18-8-14(17(24(29)30)10-19(18)32-2)12-34-21(26)5-3-4-20(25)33-11-13-6-7-15(22)9-16(13)23(27)28/h6-10H,3-5,11-12H2,1-2H3/i11D2. The monoisotopic (exact) mass is 498 g/mol. The second-order valence-electron chi connectivity index (χ2n) is 6.60. The van der Waals surface area contributed by atoms with Crippen LogP contribution in [0.5, 0.6) is 11.5 Å². The fourth-order valence-electron chi connectivity index (χ4n) is 2.71. The van der Waals surface area contributed by atoms with Crippen LogP contribution in [-0.2, 0) is 32.2 Å². The summed E-state index contributed by atoms with van der Waals surface area (Å²) < 4.78 is 35.7. The smallest absolute Gasteiger partial charge is 0.306 e. The third kappa shape index (κ3) is 7.30. The van der Waals surface area contributed by atoms with Gasteiger partial charge in [-0.25, -0.2) is 0 Å². The van der Waals surface area contributed by atoms with Crippen LogP contribution in [0.15, 0.2) is 30.3 Å². The number of benzene rings is 2. The van der Waals surface area contributed by atoms with E-state index in [1.165, 1.54) is 26.4 Å². The molecule has 0 spiro atoms. The summed E-state index contributed by atoms with van der Waals surface area (Å²) in [7, 11) is 2.65. The van der Waals surface area contributed by atoms with E-state index in [1.807, 2.05) is 0 Å². The largest absolute Gasteiger partial charge is 0.493 e. The number of ether oxygens (including phenoxy) is 4. The van der Waals surface area contributed by atoms with Crippen molar-refractivity contribution in [1.29, 1.82) is 0 Å². The molecule has 0 fully saturated rings. The second-order valence-corrected chi connectivity index (χ2v) is 7.04. The number of rotatable bonds is 12. The van der Waals surface area contributed by atoms with Gasteiger partial charge in [0, 0.05) is 23.9 Å². The van der Waals surface area contributed by atoms with Crippen LogP contribution in [0.25, 0.3) is 0 Å². The maximum absolute atomic E-state index is 12.1. The van der Waals surface area contributed by atoms with Crippen LogP contribution in [0, 0.1) is 20.2 Å². The first kappa shape index (κ1) is 23.2. The number of nitrogens with zero attached hydrogens (tertiary/aromatic N) is 2. The molecule has 0 saturated carbocycles. The molecule has 0 unspecified atom stereocenters. The summed E-state index contributed by atoms with van der Waals surface area (Å²) in [6.45, 7) is -3.26. The van der Waals surface area contributed by atoms with E-state index in [0.29, 0.717) is 0 Å². The van der Waals surface area contributed by atoms with Crippen LogP contribution in [0.4, 0.5) is 11.4 Å². The number of halogens is 1. The maximum atomic E-state index is 12.1. The lowest BCUT2D eigenvalue weighted by Crippen LogP contribution is -2.09. The Balaban J connectivity index is 1.93. The zero-order valence-corrected chi connectivity index (χ0v) is 18.8. The Hall–Kier alpha value is -3.93. The number of hydrogen-bond donors (Lipinski definition) is 0. The Morgan fingerprint density at radius 3 is 2.06 bits per heavy atom. The molecule has 0 aliphatic rings. The van der Waals surface area contributed by atoms with E-state index in [4.69, 9.17) is 33.3 Å². The molecule has 0 saturated heterocycles. The van der Waals surface area contributed by atoms with Gasteiger partial charge in [-0.2, -0.15) is 0 Å². The van der Waals surface area contributed by atoms with E-state index in [1.54, 1.807) is 0 Å². The molecule has 34 heavy (non-hydrogen) atoms. The normalized spacial score (nSPS) is 11.6. The molecule has 0 atom stereocenters. The highest BCUT2D eigenvalue weighted by atomic mass is 35.5. The first-order valence-corrected chi connectivity index (χ1v) is 9.98. The topological polar surface area (TPSA) is 157 Å². The molecule has 13 heteroatoms. The summed E-state index contributed by atoms with van der Waals surface area (Å²) in [6.07, 6.45) is -0.767. The van der Waals surface area contributed by atoms with Gasteiger partial charge in [-0.3, -0.25) is 29.8 Å². The molecule has 0 amide bonds. The second kappa shape index (κ2) is 12.3. The summed E-state index contributed by atoms with van der Waals surface area (Å²) in [5.41, 5.74) is -1.44. The van der Waals surface area contributed by atoms with Gasteiger partial charge in [0.15, 0.2) is 11.5 Å². The van der Waals surface area contributed by atoms with E-state index in [0.717, 1.165) is 18.2 Å². The number of carbonyl (C=O) groups excluding carboxylic acids is 2. The van der Waals surface area contributed by atoms with Crippen LogP contribution in [0.1, 0.15) is 33.1 Å². The lowest BCUT2D eigenvalue weighted by Gasteiger charge is -2.11. The maximum Gasteiger partial charge on any atom is 0.306 e. The van der Waals surface area contributed by atoms with Crippen molar-refractivity contribution in [2.24, 2.45) is 0 Å². The Morgan fingerprint density at radius 2 is 1.47 bits per heavy atom. The highest BCUT2D eigenvalue weighted by Crippen LogP contribution is 2.34. The van der Waals surface area contributed by atoms with E-state index < -0.39 is 52.6 Å². The zero-order valence-electron chi connectivity index (χ0n) is 20.1. The quantitative estimate of drug-likeness (QED) is 0.236. The molecular formula is C21H21ClN2O10. The molecule has 0 aliphatic heterocycles. The van der Waals surface area contributed by atoms with Crippen molar-refractivity contribution in [2.75, 3.05) is 14.2 Å². The number of esters is 2. The number of nitro benzene ring substituents is 2. The average Bonchev–Trinajstić information content (AvgIpc) is 2.81. The summed E-state index contributed by atoms with van der Waals surface area (Å²) >= 11 is 5.71. The first-order valence-electron chi connectivity index (χ1n) is 10.6. The van der Waals surface area contributed by atoms with Crippen molar-refractivity contribution in [2.45, 2.75) is 32.4 Å². The van der Waals surface area contributed by atoms with Crippen LogP contribution < -0.4 is 9.47 Å². The fraction of sp³-hybridized carbons (Fsp3) is 0.333. The van der Waals surface area contributed by atoms with Crippen LogP contribution >= 0.6 is 11.6 Å². The van der Waals surface area contributed by atoms with Crippen LogP contribution in [-0.4, -0.2) is 36.0 Å². The molecule has 0 aliphatic carbocycles. The van der Waals surface area contributed by atoms with E-state index in [2.05, 4.69) is 0 Å². The minimum absolute atomic E-state index is 0.00417. The number of hydrogen-bond acceptors (Lipinski definition) is 10. The van der Waals surface area contributed by atoms with Gasteiger partial charge in [0.2, 0.25) is 0 Å². The molecule has 2 rings (SSSR count). The molecule has 0 bridgehead atoms. The molecule has 0 heterocycles. The Labute approximate surface area is 201 Å². The molecule has 2 aromatic rings. The van der Waals surface area contributed by atoms with Crippen molar-refractivity contribution < 1.29 is 41.1 Å². The average molecular weight is 499 g/mol. The summed E-state index contributed by atoms with van der Waals surface area (Å²) in [4.78, 5) is 45.1. The van der Waals surface area contributed by atoms with Crippen molar-refractivity contribution in [3.05, 3.63) is 66.7 Å². The number of nitro groups is 2. The third-order valence-electron chi connectivity index (χ3n) is 4.36. The minimum atomic E-state index is -2.82. The fourth-order valence-corrected chi connectivity index (χ4v) is 2.87.